The standard InChI is InChI=1S/C13H17N3O/c1-3-12-15-10-6-4-5-7-11(10)16(12)9-8-13(17)14-2/h4-7H,3,8-9H2,1-2H3,(H,14,17). The molecule has 0 spiro atoms. The Bertz CT molecular complexity index is 530. The van der Waals surface area contributed by atoms with Crippen LogP contribution in [0, 0.1) is 0 Å². The first kappa shape index (κ1) is 11.6. The molecule has 0 aliphatic heterocycles. The van der Waals surface area contributed by atoms with Crippen molar-refractivity contribution in [2.45, 2.75) is 26.3 Å². The van der Waals surface area contributed by atoms with E-state index in [9.17, 15) is 4.79 Å². The Morgan fingerprint density at radius 2 is 2.18 bits per heavy atom. The molecule has 0 fully saturated rings. The minimum absolute atomic E-state index is 0.0600. The molecule has 0 saturated carbocycles. The van der Waals surface area contributed by atoms with Gasteiger partial charge in [0.2, 0.25) is 5.91 Å². The Hall–Kier alpha value is -1.84. The molecule has 2 rings (SSSR count). The maximum Gasteiger partial charge on any atom is 0.221 e. The maximum absolute atomic E-state index is 11.3. The second-order valence-electron chi connectivity index (χ2n) is 3.95. The largest absolute Gasteiger partial charge is 0.359 e. The summed E-state index contributed by atoms with van der Waals surface area (Å²) in [4.78, 5) is 15.9. The molecule has 0 atom stereocenters. The summed E-state index contributed by atoms with van der Waals surface area (Å²) in [5.41, 5.74) is 2.11. The fourth-order valence-electron chi connectivity index (χ4n) is 1.98. The number of carbonyl (C=O) groups is 1. The average Bonchev–Trinajstić information content (AvgIpc) is 2.73. The van der Waals surface area contributed by atoms with Crippen LogP contribution in [-0.2, 0) is 17.8 Å². The molecular weight excluding hydrogens is 214 g/mol. The highest BCUT2D eigenvalue weighted by Gasteiger charge is 2.09. The van der Waals surface area contributed by atoms with Gasteiger partial charge in [-0.2, -0.15) is 0 Å². The monoisotopic (exact) mass is 231 g/mol. The molecule has 0 radical (unpaired) electrons. The number of aryl methyl sites for hydroxylation is 2. The molecule has 2 aromatic rings. The van der Waals surface area contributed by atoms with Crippen LogP contribution in [0.2, 0.25) is 0 Å². The molecule has 1 amide bonds. The van der Waals surface area contributed by atoms with E-state index in [0.717, 1.165) is 23.3 Å². The van der Waals surface area contributed by atoms with Crippen LogP contribution < -0.4 is 5.32 Å². The van der Waals surface area contributed by atoms with Gasteiger partial charge in [-0.05, 0) is 12.1 Å². The van der Waals surface area contributed by atoms with Gasteiger partial charge in [0.25, 0.3) is 0 Å². The van der Waals surface area contributed by atoms with Crippen LogP contribution in [0.15, 0.2) is 24.3 Å². The molecule has 1 aromatic heterocycles. The van der Waals surface area contributed by atoms with Crippen molar-refractivity contribution in [1.82, 2.24) is 14.9 Å². The summed E-state index contributed by atoms with van der Waals surface area (Å²) in [5.74, 6) is 1.10. The van der Waals surface area contributed by atoms with E-state index in [1.165, 1.54) is 0 Å². The number of carbonyl (C=O) groups excluding carboxylic acids is 1. The minimum atomic E-state index is 0.0600. The average molecular weight is 231 g/mol. The fourth-order valence-corrected chi connectivity index (χ4v) is 1.98. The van der Waals surface area contributed by atoms with E-state index < -0.39 is 0 Å². The van der Waals surface area contributed by atoms with Crippen molar-refractivity contribution in [3.05, 3.63) is 30.1 Å². The van der Waals surface area contributed by atoms with Crippen molar-refractivity contribution in [1.29, 1.82) is 0 Å². The zero-order valence-electron chi connectivity index (χ0n) is 10.2. The molecule has 17 heavy (non-hydrogen) atoms. The number of hydrogen-bond donors (Lipinski definition) is 1. The van der Waals surface area contributed by atoms with Crippen LogP contribution >= 0.6 is 0 Å². The molecule has 1 aromatic carbocycles. The fraction of sp³-hybridized carbons (Fsp3) is 0.385. The molecule has 90 valence electrons. The highest BCUT2D eigenvalue weighted by atomic mass is 16.1. The number of hydrogen-bond acceptors (Lipinski definition) is 2. The number of benzene rings is 1. The third-order valence-electron chi connectivity index (χ3n) is 2.89. The lowest BCUT2D eigenvalue weighted by atomic mass is 10.3. The van der Waals surface area contributed by atoms with Crippen molar-refractivity contribution in [3.8, 4) is 0 Å². The lowest BCUT2D eigenvalue weighted by molar-refractivity contribution is -0.120. The summed E-state index contributed by atoms with van der Waals surface area (Å²) in [6, 6.07) is 8.04. The SMILES string of the molecule is CCc1nc2ccccc2n1CCC(=O)NC. The molecule has 0 aliphatic carbocycles. The van der Waals surface area contributed by atoms with Crippen LogP contribution in [0.3, 0.4) is 0 Å². The third-order valence-corrected chi connectivity index (χ3v) is 2.89. The quantitative estimate of drug-likeness (QED) is 0.871. The summed E-state index contributed by atoms with van der Waals surface area (Å²) in [5, 5.41) is 2.64. The molecule has 1 heterocycles. The summed E-state index contributed by atoms with van der Waals surface area (Å²) in [6.45, 7) is 2.76. The van der Waals surface area contributed by atoms with Crippen molar-refractivity contribution < 1.29 is 4.79 Å². The molecule has 0 aliphatic rings. The van der Waals surface area contributed by atoms with Crippen molar-refractivity contribution >= 4 is 16.9 Å². The number of aromatic nitrogens is 2. The molecule has 0 bridgehead atoms. The molecular formula is C13H17N3O. The molecule has 4 nitrogen and oxygen atoms in total. The molecule has 4 heteroatoms. The third kappa shape index (κ3) is 2.30. The minimum Gasteiger partial charge on any atom is -0.359 e. The van der Waals surface area contributed by atoms with E-state index in [1.54, 1.807) is 7.05 Å². The number of fused-ring (bicyclic) bond motifs is 1. The topological polar surface area (TPSA) is 46.9 Å². The van der Waals surface area contributed by atoms with E-state index in [4.69, 9.17) is 0 Å². The first-order valence-electron chi connectivity index (χ1n) is 5.91. The van der Waals surface area contributed by atoms with E-state index >= 15 is 0 Å². The Morgan fingerprint density at radius 1 is 1.41 bits per heavy atom. The summed E-state index contributed by atoms with van der Waals surface area (Å²) in [7, 11) is 1.66. The number of nitrogens with zero attached hydrogens (tertiary/aromatic N) is 2. The van der Waals surface area contributed by atoms with Crippen molar-refractivity contribution in [3.63, 3.8) is 0 Å². The number of imidazole rings is 1. The number of para-hydroxylation sites is 2. The van der Waals surface area contributed by atoms with E-state index in [-0.39, 0.29) is 5.91 Å². The van der Waals surface area contributed by atoms with Gasteiger partial charge in [0.1, 0.15) is 5.82 Å². The number of nitrogens with one attached hydrogen (secondary N) is 1. The second kappa shape index (κ2) is 4.99. The smallest absolute Gasteiger partial charge is 0.221 e. The van der Waals surface area contributed by atoms with Gasteiger partial charge in [0.05, 0.1) is 11.0 Å². The van der Waals surface area contributed by atoms with Crippen LogP contribution in [0.25, 0.3) is 11.0 Å². The molecule has 0 unspecified atom stereocenters. The van der Waals surface area contributed by atoms with Gasteiger partial charge in [-0.1, -0.05) is 19.1 Å². The van der Waals surface area contributed by atoms with E-state index in [0.29, 0.717) is 13.0 Å². The van der Waals surface area contributed by atoms with Crippen LogP contribution in [0.4, 0.5) is 0 Å². The van der Waals surface area contributed by atoms with Gasteiger partial charge >= 0.3 is 0 Å². The van der Waals surface area contributed by atoms with E-state index in [1.807, 2.05) is 24.3 Å². The first-order valence-corrected chi connectivity index (χ1v) is 5.91. The van der Waals surface area contributed by atoms with Gasteiger partial charge in [-0.15, -0.1) is 0 Å². The predicted molar refractivity (Wildman–Crippen MR) is 67.8 cm³/mol. The number of rotatable bonds is 4. The van der Waals surface area contributed by atoms with Gasteiger partial charge < -0.3 is 9.88 Å². The highest BCUT2D eigenvalue weighted by molar-refractivity contribution is 5.77. The van der Waals surface area contributed by atoms with Crippen LogP contribution in [0.5, 0.6) is 0 Å². The number of amides is 1. The van der Waals surface area contributed by atoms with Crippen molar-refractivity contribution in [2.75, 3.05) is 7.05 Å². The second-order valence-corrected chi connectivity index (χ2v) is 3.95. The Balaban J connectivity index is 2.33. The molecule has 1 N–H and O–H groups in total. The van der Waals surface area contributed by atoms with Crippen LogP contribution in [-0.4, -0.2) is 22.5 Å². The highest BCUT2D eigenvalue weighted by Crippen LogP contribution is 2.16. The van der Waals surface area contributed by atoms with Gasteiger partial charge in [-0.25, -0.2) is 4.98 Å². The normalized spacial score (nSPS) is 10.7. The van der Waals surface area contributed by atoms with Crippen molar-refractivity contribution in [2.24, 2.45) is 0 Å². The molecule has 0 saturated heterocycles. The summed E-state index contributed by atoms with van der Waals surface area (Å²) < 4.78 is 2.13. The first-order chi connectivity index (χ1) is 8.26. The van der Waals surface area contributed by atoms with Gasteiger partial charge in [0.15, 0.2) is 0 Å². The zero-order chi connectivity index (χ0) is 12.3. The summed E-state index contributed by atoms with van der Waals surface area (Å²) in [6.07, 6.45) is 1.37. The van der Waals surface area contributed by atoms with E-state index in [2.05, 4.69) is 21.8 Å². The Morgan fingerprint density at radius 3 is 2.88 bits per heavy atom. The van der Waals surface area contributed by atoms with Gasteiger partial charge in [-0.3, -0.25) is 4.79 Å². The Labute approximate surface area is 101 Å². The Kier molecular flexibility index (Phi) is 3.42. The maximum atomic E-state index is 11.3. The lowest BCUT2D eigenvalue weighted by Gasteiger charge is -2.07. The predicted octanol–water partition coefficient (Wildman–Crippen LogP) is 1.73. The lowest BCUT2D eigenvalue weighted by Crippen LogP contribution is -2.20. The zero-order valence-corrected chi connectivity index (χ0v) is 10.2. The van der Waals surface area contributed by atoms with Crippen LogP contribution in [0.1, 0.15) is 19.2 Å². The summed E-state index contributed by atoms with van der Waals surface area (Å²) >= 11 is 0. The van der Waals surface area contributed by atoms with Gasteiger partial charge in [0, 0.05) is 26.4 Å².